The molecule has 2 aromatic carbocycles. The zero-order valence-corrected chi connectivity index (χ0v) is 10.4. The molecule has 0 aliphatic rings. The monoisotopic (exact) mass is 274 g/mol. The SMILES string of the molecule is O=c1c2ccc(Cl)cc2ncn1-c1ccc(F)cc1. The van der Waals surface area contributed by atoms with E-state index in [1.54, 1.807) is 18.2 Å². The van der Waals surface area contributed by atoms with E-state index in [-0.39, 0.29) is 11.4 Å². The van der Waals surface area contributed by atoms with Crippen LogP contribution in [0.25, 0.3) is 16.6 Å². The predicted molar refractivity (Wildman–Crippen MR) is 72.3 cm³/mol. The average Bonchev–Trinajstić information content (AvgIpc) is 2.40. The molecule has 3 aromatic rings. The normalized spacial score (nSPS) is 10.8. The second kappa shape index (κ2) is 4.48. The van der Waals surface area contributed by atoms with Crippen molar-refractivity contribution < 1.29 is 4.39 Å². The van der Waals surface area contributed by atoms with Crippen molar-refractivity contribution in [1.82, 2.24) is 9.55 Å². The highest BCUT2D eigenvalue weighted by atomic mass is 35.5. The Balaban J connectivity index is 2.26. The fourth-order valence-electron chi connectivity index (χ4n) is 1.88. The van der Waals surface area contributed by atoms with Crippen LogP contribution in [0.1, 0.15) is 0 Å². The molecular formula is C14H8ClFN2O. The van der Waals surface area contributed by atoms with Crippen molar-refractivity contribution in [3.8, 4) is 5.69 Å². The van der Waals surface area contributed by atoms with Gasteiger partial charge in [-0.2, -0.15) is 0 Å². The first kappa shape index (κ1) is 11.9. The van der Waals surface area contributed by atoms with E-state index in [2.05, 4.69) is 4.98 Å². The highest BCUT2D eigenvalue weighted by molar-refractivity contribution is 6.31. The summed E-state index contributed by atoms with van der Waals surface area (Å²) in [4.78, 5) is 16.5. The summed E-state index contributed by atoms with van der Waals surface area (Å²) in [5, 5.41) is 0.996. The van der Waals surface area contributed by atoms with Crippen LogP contribution >= 0.6 is 11.6 Å². The van der Waals surface area contributed by atoms with Crippen LogP contribution in [0, 0.1) is 5.82 Å². The maximum Gasteiger partial charge on any atom is 0.265 e. The second-order valence-electron chi connectivity index (χ2n) is 4.06. The van der Waals surface area contributed by atoms with Gasteiger partial charge in [0.25, 0.3) is 5.56 Å². The highest BCUT2D eigenvalue weighted by Crippen LogP contribution is 2.15. The molecule has 0 saturated carbocycles. The van der Waals surface area contributed by atoms with Crippen molar-refractivity contribution in [2.24, 2.45) is 0 Å². The van der Waals surface area contributed by atoms with E-state index in [0.29, 0.717) is 21.6 Å². The van der Waals surface area contributed by atoms with Crippen molar-refractivity contribution in [3.63, 3.8) is 0 Å². The number of nitrogens with zero attached hydrogens (tertiary/aromatic N) is 2. The molecular weight excluding hydrogens is 267 g/mol. The number of fused-ring (bicyclic) bond motifs is 1. The maximum absolute atomic E-state index is 12.9. The van der Waals surface area contributed by atoms with Gasteiger partial charge in [-0.3, -0.25) is 9.36 Å². The minimum Gasteiger partial charge on any atom is -0.268 e. The quantitative estimate of drug-likeness (QED) is 0.683. The van der Waals surface area contributed by atoms with E-state index in [1.807, 2.05) is 0 Å². The molecule has 3 rings (SSSR count). The Hall–Kier alpha value is -2.20. The molecule has 0 saturated heterocycles. The molecule has 1 heterocycles. The zero-order chi connectivity index (χ0) is 13.4. The lowest BCUT2D eigenvalue weighted by Crippen LogP contribution is -2.18. The summed E-state index contributed by atoms with van der Waals surface area (Å²) in [5.74, 6) is -0.350. The maximum atomic E-state index is 12.9. The zero-order valence-electron chi connectivity index (χ0n) is 9.68. The Labute approximate surface area is 112 Å². The van der Waals surface area contributed by atoms with Crippen LogP contribution in [0.3, 0.4) is 0 Å². The predicted octanol–water partition coefficient (Wildman–Crippen LogP) is 3.18. The van der Waals surface area contributed by atoms with E-state index < -0.39 is 0 Å². The smallest absolute Gasteiger partial charge is 0.265 e. The van der Waals surface area contributed by atoms with Gasteiger partial charge in [-0.05, 0) is 42.5 Å². The molecule has 94 valence electrons. The number of aromatic nitrogens is 2. The summed E-state index contributed by atoms with van der Waals surface area (Å²) in [6.45, 7) is 0. The standard InChI is InChI=1S/C14H8ClFN2O/c15-9-1-6-12-13(7-9)17-8-18(14(12)19)11-4-2-10(16)3-5-11/h1-8H. The largest absolute Gasteiger partial charge is 0.268 e. The summed E-state index contributed by atoms with van der Waals surface area (Å²) in [6, 6.07) is 10.6. The average molecular weight is 275 g/mol. The molecule has 0 amide bonds. The van der Waals surface area contributed by atoms with Gasteiger partial charge in [-0.15, -0.1) is 0 Å². The van der Waals surface area contributed by atoms with Crippen LogP contribution < -0.4 is 5.56 Å². The molecule has 19 heavy (non-hydrogen) atoms. The van der Waals surface area contributed by atoms with Crippen molar-refractivity contribution in [1.29, 1.82) is 0 Å². The van der Waals surface area contributed by atoms with Gasteiger partial charge in [0.05, 0.1) is 16.6 Å². The van der Waals surface area contributed by atoms with Crippen molar-refractivity contribution >= 4 is 22.5 Å². The topological polar surface area (TPSA) is 34.9 Å². The molecule has 0 atom stereocenters. The van der Waals surface area contributed by atoms with Gasteiger partial charge in [-0.1, -0.05) is 11.6 Å². The fraction of sp³-hybridized carbons (Fsp3) is 0. The molecule has 0 bridgehead atoms. The molecule has 0 unspecified atom stereocenters. The fourth-order valence-corrected chi connectivity index (χ4v) is 2.05. The first-order valence-corrected chi connectivity index (χ1v) is 5.96. The lowest BCUT2D eigenvalue weighted by Gasteiger charge is -2.06. The summed E-state index contributed by atoms with van der Waals surface area (Å²) in [7, 11) is 0. The van der Waals surface area contributed by atoms with Gasteiger partial charge in [0.1, 0.15) is 12.1 Å². The van der Waals surface area contributed by atoms with Gasteiger partial charge in [-0.25, -0.2) is 9.37 Å². The van der Waals surface area contributed by atoms with Gasteiger partial charge in [0.2, 0.25) is 0 Å². The molecule has 1 aromatic heterocycles. The molecule has 0 fully saturated rings. The summed E-state index contributed by atoms with van der Waals surface area (Å²) < 4.78 is 14.3. The molecule has 0 N–H and O–H groups in total. The third kappa shape index (κ3) is 2.11. The Morgan fingerprint density at radius 3 is 2.58 bits per heavy atom. The van der Waals surface area contributed by atoms with Crippen LogP contribution in [-0.4, -0.2) is 9.55 Å². The summed E-state index contributed by atoms with van der Waals surface area (Å²) >= 11 is 5.85. The molecule has 5 heteroatoms. The Bertz CT molecular complexity index is 812. The van der Waals surface area contributed by atoms with E-state index in [1.165, 1.54) is 35.2 Å². The minimum atomic E-state index is -0.350. The van der Waals surface area contributed by atoms with Crippen molar-refractivity contribution in [2.45, 2.75) is 0 Å². The van der Waals surface area contributed by atoms with Crippen LogP contribution in [0.5, 0.6) is 0 Å². The number of halogens is 2. The summed E-state index contributed by atoms with van der Waals surface area (Å²) in [5.41, 5.74) is 0.889. The third-order valence-corrected chi connectivity index (χ3v) is 3.06. The number of benzene rings is 2. The minimum absolute atomic E-state index is 0.215. The molecule has 0 aliphatic heterocycles. The van der Waals surface area contributed by atoms with Gasteiger partial charge in [0.15, 0.2) is 0 Å². The highest BCUT2D eigenvalue weighted by Gasteiger charge is 2.06. The van der Waals surface area contributed by atoms with E-state index in [0.717, 1.165) is 0 Å². The van der Waals surface area contributed by atoms with Gasteiger partial charge >= 0.3 is 0 Å². The third-order valence-electron chi connectivity index (χ3n) is 2.83. The second-order valence-corrected chi connectivity index (χ2v) is 4.49. The lowest BCUT2D eigenvalue weighted by molar-refractivity contribution is 0.627. The van der Waals surface area contributed by atoms with Gasteiger partial charge in [0, 0.05) is 5.02 Å². The first-order chi connectivity index (χ1) is 9.15. The van der Waals surface area contributed by atoms with Crippen LogP contribution in [0.15, 0.2) is 53.6 Å². The Morgan fingerprint density at radius 2 is 1.84 bits per heavy atom. The molecule has 0 spiro atoms. The molecule has 0 radical (unpaired) electrons. The van der Waals surface area contributed by atoms with E-state index in [9.17, 15) is 9.18 Å². The molecule has 3 nitrogen and oxygen atoms in total. The number of hydrogen-bond donors (Lipinski definition) is 0. The number of hydrogen-bond acceptors (Lipinski definition) is 2. The Kier molecular flexibility index (Phi) is 2.80. The molecule has 0 aliphatic carbocycles. The van der Waals surface area contributed by atoms with Crippen LogP contribution in [0.2, 0.25) is 5.02 Å². The first-order valence-electron chi connectivity index (χ1n) is 5.58. The van der Waals surface area contributed by atoms with Crippen molar-refractivity contribution in [2.75, 3.05) is 0 Å². The van der Waals surface area contributed by atoms with Crippen molar-refractivity contribution in [3.05, 3.63) is 70.0 Å². The van der Waals surface area contributed by atoms with Crippen LogP contribution in [0.4, 0.5) is 4.39 Å². The van der Waals surface area contributed by atoms with Crippen LogP contribution in [-0.2, 0) is 0 Å². The van der Waals surface area contributed by atoms with E-state index >= 15 is 0 Å². The van der Waals surface area contributed by atoms with E-state index in [4.69, 9.17) is 11.6 Å². The van der Waals surface area contributed by atoms with Gasteiger partial charge < -0.3 is 0 Å². The summed E-state index contributed by atoms with van der Waals surface area (Å²) in [6.07, 6.45) is 1.41. The Morgan fingerprint density at radius 1 is 1.11 bits per heavy atom. The lowest BCUT2D eigenvalue weighted by atomic mass is 10.2. The number of rotatable bonds is 1.